The molecule has 0 bridgehead atoms. The van der Waals surface area contributed by atoms with Gasteiger partial charge in [-0.05, 0) is 30.2 Å². The van der Waals surface area contributed by atoms with Crippen molar-refractivity contribution in [2.75, 3.05) is 0 Å². The smallest absolute Gasteiger partial charge is 0.135 e. The summed E-state index contributed by atoms with van der Waals surface area (Å²) in [5, 5.41) is 2.38. The van der Waals surface area contributed by atoms with Gasteiger partial charge in [0.25, 0.3) is 0 Å². The van der Waals surface area contributed by atoms with E-state index in [1.165, 1.54) is 21.9 Å². The summed E-state index contributed by atoms with van der Waals surface area (Å²) in [6.07, 6.45) is 5.82. The van der Waals surface area contributed by atoms with Gasteiger partial charge in [0.1, 0.15) is 11.2 Å². The predicted octanol–water partition coefficient (Wildman–Crippen LogP) is 5.09. The first kappa shape index (κ1) is 10.8. The van der Waals surface area contributed by atoms with E-state index in [1.54, 1.807) is 6.08 Å². The van der Waals surface area contributed by atoms with Crippen LogP contribution in [0.1, 0.15) is 11.1 Å². The highest BCUT2D eigenvalue weighted by Gasteiger charge is 2.09. The Bertz CT molecular complexity index is 760. The van der Waals surface area contributed by atoms with E-state index in [2.05, 4.69) is 31.7 Å². The van der Waals surface area contributed by atoms with Crippen molar-refractivity contribution in [2.24, 2.45) is 0 Å². The van der Waals surface area contributed by atoms with Crippen LogP contribution in [-0.2, 0) is 0 Å². The second kappa shape index (κ2) is 4.19. The average molecular weight is 234 g/mol. The Labute approximate surface area is 106 Å². The van der Waals surface area contributed by atoms with Gasteiger partial charge in [-0.25, -0.2) is 0 Å². The van der Waals surface area contributed by atoms with Gasteiger partial charge in [-0.1, -0.05) is 49.1 Å². The number of rotatable bonds is 2. The number of hydrogen-bond acceptors (Lipinski definition) is 1. The number of fused-ring (bicyclic) bond motifs is 3. The van der Waals surface area contributed by atoms with Crippen molar-refractivity contribution in [1.29, 1.82) is 0 Å². The molecule has 1 heterocycles. The molecule has 3 aromatic rings. The van der Waals surface area contributed by atoms with E-state index in [4.69, 9.17) is 4.42 Å². The Hall–Kier alpha value is -2.28. The fraction of sp³-hybridized carbons (Fsp3) is 0.0588. The molecule has 18 heavy (non-hydrogen) atoms. The largest absolute Gasteiger partial charge is 0.456 e. The van der Waals surface area contributed by atoms with Gasteiger partial charge in [0, 0.05) is 10.8 Å². The maximum Gasteiger partial charge on any atom is 0.135 e. The molecule has 2 aromatic carbocycles. The van der Waals surface area contributed by atoms with Crippen molar-refractivity contribution >= 4 is 28.0 Å². The molecule has 88 valence electrons. The lowest BCUT2D eigenvalue weighted by molar-refractivity contribution is 0.669. The first-order valence-electron chi connectivity index (χ1n) is 6.01. The third-order valence-electron chi connectivity index (χ3n) is 3.26. The zero-order valence-electron chi connectivity index (χ0n) is 10.3. The van der Waals surface area contributed by atoms with Crippen LogP contribution in [0, 0.1) is 6.92 Å². The maximum absolute atomic E-state index is 5.85. The zero-order valence-corrected chi connectivity index (χ0v) is 10.3. The molecule has 0 spiro atoms. The first-order chi connectivity index (χ1) is 8.81. The molecular formula is C17H14O. The van der Waals surface area contributed by atoms with Crippen molar-refractivity contribution in [3.63, 3.8) is 0 Å². The van der Waals surface area contributed by atoms with Gasteiger partial charge < -0.3 is 4.42 Å². The summed E-state index contributed by atoms with van der Waals surface area (Å²) in [6.45, 7) is 5.83. The highest BCUT2D eigenvalue weighted by Crippen LogP contribution is 2.32. The number of benzene rings is 2. The third-order valence-corrected chi connectivity index (χ3v) is 3.26. The van der Waals surface area contributed by atoms with Crippen molar-refractivity contribution in [3.8, 4) is 0 Å². The molecule has 0 aliphatic heterocycles. The van der Waals surface area contributed by atoms with E-state index < -0.39 is 0 Å². The molecule has 0 aliphatic rings. The van der Waals surface area contributed by atoms with Gasteiger partial charge in [0.2, 0.25) is 0 Å². The Morgan fingerprint density at radius 1 is 1.06 bits per heavy atom. The molecular weight excluding hydrogens is 220 g/mol. The van der Waals surface area contributed by atoms with Gasteiger partial charge in [0.15, 0.2) is 0 Å². The van der Waals surface area contributed by atoms with Crippen molar-refractivity contribution in [2.45, 2.75) is 6.92 Å². The molecule has 0 amide bonds. The lowest BCUT2D eigenvalue weighted by Gasteiger charge is -2.01. The van der Waals surface area contributed by atoms with Crippen molar-refractivity contribution < 1.29 is 4.42 Å². The Kier molecular flexibility index (Phi) is 2.52. The minimum absolute atomic E-state index is 0.945. The molecule has 1 aromatic heterocycles. The fourth-order valence-electron chi connectivity index (χ4n) is 2.36. The molecule has 0 radical (unpaired) electrons. The predicted molar refractivity (Wildman–Crippen MR) is 77.7 cm³/mol. The van der Waals surface area contributed by atoms with Crippen LogP contribution in [-0.4, -0.2) is 0 Å². The molecule has 0 unspecified atom stereocenters. The Morgan fingerprint density at radius 3 is 2.72 bits per heavy atom. The normalized spacial score (nSPS) is 11.6. The molecule has 0 fully saturated rings. The van der Waals surface area contributed by atoms with E-state index in [-0.39, 0.29) is 0 Å². The highest BCUT2D eigenvalue weighted by molar-refractivity contribution is 6.07. The van der Waals surface area contributed by atoms with Crippen LogP contribution in [0.25, 0.3) is 28.0 Å². The van der Waals surface area contributed by atoms with Gasteiger partial charge in [-0.2, -0.15) is 0 Å². The van der Waals surface area contributed by atoms with E-state index in [0.717, 1.165) is 11.2 Å². The second-order valence-electron chi connectivity index (χ2n) is 4.35. The molecule has 1 heteroatoms. The number of furan rings is 1. The van der Waals surface area contributed by atoms with Crippen LogP contribution >= 0.6 is 0 Å². The Balaban J connectivity index is 2.39. The number of allylic oxidation sites excluding steroid dienone is 2. The van der Waals surface area contributed by atoms with Crippen LogP contribution in [0.5, 0.6) is 0 Å². The maximum atomic E-state index is 5.85. The van der Waals surface area contributed by atoms with Gasteiger partial charge in [0.05, 0.1) is 0 Å². The van der Waals surface area contributed by atoms with Crippen LogP contribution < -0.4 is 0 Å². The molecule has 1 nitrogen and oxygen atoms in total. The SMILES string of the molecule is C=CC=Cc1ccc2oc3ccccc3c2c1C. The lowest BCUT2D eigenvalue weighted by Crippen LogP contribution is -1.81. The van der Waals surface area contributed by atoms with Gasteiger partial charge >= 0.3 is 0 Å². The minimum Gasteiger partial charge on any atom is -0.456 e. The van der Waals surface area contributed by atoms with Crippen LogP contribution in [0.4, 0.5) is 0 Å². The monoisotopic (exact) mass is 234 g/mol. The fourth-order valence-corrected chi connectivity index (χ4v) is 2.36. The average Bonchev–Trinajstić information content (AvgIpc) is 2.77. The van der Waals surface area contributed by atoms with Crippen LogP contribution in [0.3, 0.4) is 0 Å². The summed E-state index contributed by atoms with van der Waals surface area (Å²) in [5.41, 5.74) is 4.34. The van der Waals surface area contributed by atoms with E-state index in [0.29, 0.717) is 0 Å². The summed E-state index contributed by atoms with van der Waals surface area (Å²) in [6, 6.07) is 12.3. The standard InChI is InChI=1S/C17H14O/c1-3-4-7-13-10-11-16-17(12(13)2)14-8-5-6-9-15(14)18-16/h3-11H,1H2,2H3. The van der Waals surface area contributed by atoms with Crippen LogP contribution in [0.2, 0.25) is 0 Å². The molecule has 3 rings (SSSR count). The van der Waals surface area contributed by atoms with E-state index in [9.17, 15) is 0 Å². The number of hydrogen-bond donors (Lipinski definition) is 0. The number of para-hydroxylation sites is 1. The Morgan fingerprint density at radius 2 is 1.89 bits per heavy atom. The number of aryl methyl sites for hydroxylation is 1. The quantitative estimate of drug-likeness (QED) is 0.563. The summed E-state index contributed by atoms with van der Waals surface area (Å²) >= 11 is 0. The summed E-state index contributed by atoms with van der Waals surface area (Å²) in [4.78, 5) is 0. The molecule has 0 saturated heterocycles. The zero-order chi connectivity index (χ0) is 12.5. The van der Waals surface area contributed by atoms with Gasteiger partial charge in [-0.15, -0.1) is 0 Å². The summed E-state index contributed by atoms with van der Waals surface area (Å²) in [7, 11) is 0. The lowest BCUT2D eigenvalue weighted by atomic mass is 10.0. The first-order valence-corrected chi connectivity index (χ1v) is 6.01. The van der Waals surface area contributed by atoms with E-state index in [1.807, 2.05) is 30.3 Å². The third kappa shape index (κ3) is 1.56. The molecule has 0 aliphatic carbocycles. The summed E-state index contributed by atoms with van der Waals surface area (Å²) in [5.74, 6) is 0. The van der Waals surface area contributed by atoms with E-state index >= 15 is 0 Å². The topological polar surface area (TPSA) is 13.1 Å². The summed E-state index contributed by atoms with van der Waals surface area (Å²) < 4.78 is 5.85. The van der Waals surface area contributed by atoms with Crippen molar-refractivity contribution in [3.05, 3.63) is 66.3 Å². The highest BCUT2D eigenvalue weighted by atomic mass is 16.3. The molecule has 0 atom stereocenters. The molecule has 0 N–H and O–H groups in total. The van der Waals surface area contributed by atoms with Crippen LogP contribution in [0.15, 0.2) is 59.5 Å². The minimum atomic E-state index is 0.945. The molecule has 0 saturated carbocycles. The second-order valence-corrected chi connectivity index (χ2v) is 4.35. The van der Waals surface area contributed by atoms with Gasteiger partial charge in [-0.3, -0.25) is 0 Å². The van der Waals surface area contributed by atoms with Crippen molar-refractivity contribution in [1.82, 2.24) is 0 Å².